The van der Waals surface area contributed by atoms with Crippen LogP contribution in [0.1, 0.15) is 37.0 Å². The van der Waals surface area contributed by atoms with Gasteiger partial charge < -0.3 is 4.90 Å². The summed E-state index contributed by atoms with van der Waals surface area (Å²) < 4.78 is 0.855. The molecular weight excluding hydrogens is 316 g/mol. The van der Waals surface area contributed by atoms with Gasteiger partial charge in [-0.1, -0.05) is 11.6 Å². The second-order valence-corrected chi connectivity index (χ2v) is 9.04. The summed E-state index contributed by atoms with van der Waals surface area (Å²) in [5, 5.41) is 0. The molecule has 2 saturated heterocycles. The molecule has 0 unspecified atom stereocenters. The standard InChI is InChI=1S/C17H23ClN2OS/c18-15-5-4-14(22-15)11-19-9-7-17(12-19)6-1-8-20(16(17)21)10-13-2-3-13/h4-5,13H,1-3,6-12H2/t17-/m1/s1. The van der Waals surface area contributed by atoms with Gasteiger partial charge in [-0.2, -0.15) is 0 Å². The van der Waals surface area contributed by atoms with Gasteiger partial charge in [-0.15, -0.1) is 11.3 Å². The van der Waals surface area contributed by atoms with Crippen molar-refractivity contribution >= 4 is 28.8 Å². The zero-order valence-corrected chi connectivity index (χ0v) is 14.5. The Morgan fingerprint density at radius 2 is 2.14 bits per heavy atom. The number of thiophene rings is 1. The summed E-state index contributed by atoms with van der Waals surface area (Å²) in [5.41, 5.74) is -0.0891. The van der Waals surface area contributed by atoms with Crippen LogP contribution < -0.4 is 0 Å². The molecule has 1 spiro atoms. The number of carbonyl (C=O) groups excluding carboxylic acids is 1. The zero-order chi connectivity index (χ0) is 15.2. The second kappa shape index (κ2) is 5.81. The third kappa shape index (κ3) is 2.93. The van der Waals surface area contributed by atoms with Gasteiger partial charge in [0, 0.05) is 31.1 Å². The minimum absolute atomic E-state index is 0.0891. The van der Waals surface area contributed by atoms with E-state index in [-0.39, 0.29) is 5.41 Å². The molecule has 2 aliphatic heterocycles. The molecule has 1 aliphatic carbocycles. The Morgan fingerprint density at radius 3 is 2.86 bits per heavy atom. The largest absolute Gasteiger partial charge is 0.342 e. The Morgan fingerprint density at radius 1 is 1.27 bits per heavy atom. The van der Waals surface area contributed by atoms with Crippen molar-refractivity contribution in [1.29, 1.82) is 0 Å². The fourth-order valence-corrected chi connectivity index (χ4v) is 5.20. The Labute approximate surface area is 141 Å². The number of rotatable bonds is 4. The molecule has 4 rings (SSSR count). The third-order valence-corrected chi connectivity index (χ3v) is 6.66. The molecule has 0 bridgehead atoms. The highest BCUT2D eigenvalue weighted by atomic mass is 35.5. The summed E-state index contributed by atoms with van der Waals surface area (Å²) in [5.74, 6) is 1.24. The van der Waals surface area contributed by atoms with Crippen LogP contribution >= 0.6 is 22.9 Å². The number of hydrogen-bond donors (Lipinski definition) is 0. The lowest BCUT2D eigenvalue weighted by atomic mass is 9.78. The molecule has 22 heavy (non-hydrogen) atoms. The number of nitrogens with zero attached hydrogens (tertiary/aromatic N) is 2. The van der Waals surface area contributed by atoms with Crippen molar-refractivity contribution in [2.24, 2.45) is 11.3 Å². The summed E-state index contributed by atoms with van der Waals surface area (Å²) in [7, 11) is 0. The van der Waals surface area contributed by atoms with Gasteiger partial charge in [0.15, 0.2) is 0 Å². The van der Waals surface area contributed by atoms with Crippen LogP contribution in [0.25, 0.3) is 0 Å². The van der Waals surface area contributed by atoms with E-state index >= 15 is 0 Å². The van der Waals surface area contributed by atoms with Crippen LogP contribution in [0, 0.1) is 11.3 Å². The van der Waals surface area contributed by atoms with Crippen LogP contribution in [0.5, 0.6) is 0 Å². The first-order valence-electron chi connectivity index (χ1n) is 8.41. The first-order valence-corrected chi connectivity index (χ1v) is 9.60. The minimum Gasteiger partial charge on any atom is -0.342 e. The van der Waals surface area contributed by atoms with Crippen LogP contribution in [0.3, 0.4) is 0 Å². The summed E-state index contributed by atoms with van der Waals surface area (Å²) in [4.78, 5) is 18.9. The van der Waals surface area contributed by atoms with Gasteiger partial charge in [0.25, 0.3) is 0 Å². The number of amides is 1. The van der Waals surface area contributed by atoms with E-state index in [2.05, 4.69) is 15.9 Å². The number of piperidine rings is 1. The third-order valence-electron chi connectivity index (χ3n) is 5.44. The minimum atomic E-state index is -0.0891. The topological polar surface area (TPSA) is 23.6 Å². The molecule has 3 nitrogen and oxygen atoms in total. The Bertz CT molecular complexity index is 571. The van der Waals surface area contributed by atoms with Crippen LogP contribution in [0.15, 0.2) is 12.1 Å². The van der Waals surface area contributed by atoms with Gasteiger partial charge in [0.2, 0.25) is 5.91 Å². The van der Waals surface area contributed by atoms with Gasteiger partial charge in [-0.05, 0) is 56.7 Å². The van der Waals surface area contributed by atoms with Gasteiger partial charge in [0.05, 0.1) is 9.75 Å². The maximum absolute atomic E-state index is 13.0. The SMILES string of the molecule is O=C1N(CC2CC2)CCC[C@]12CCN(Cc1ccc(Cl)s1)C2. The van der Waals surface area contributed by atoms with E-state index in [0.717, 1.165) is 55.8 Å². The zero-order valence-electron chi connectivity index (χ0n) is 12.9. The highest BCUT2D eigenvalue weighted by molar-refractivity contribution is 7.16. The summed E-state index contributed by atoms with van der Waals surface area (Å²) in [6.07, 6.45) is 5.93. The monoisotopic (exact) mass is 338 g/mol. The summed E-state index contributed by atoms with van der Waals surface area (Å²) in [6.45, 7) is 4.91. The van der Waals surface area contributed by atoms with Crippen molar-refractivity contribution in [3.8, 4) is 0 Å². The van der Waals surface area contributed by atoms with E-state index in [1.54, 1.807) is 11.3 Å². The van der Waals surface area contributed by atoms with Crippen molar-refractivity contribution in [2.45, 2.75) is 38.6 Å². The first-order chi connectivity index (χ1) is 10.6. The summed E-state index contributed by atoms with van der Waals surface area (Å²) >= 11 is 7.68. The lowest BCUT2D eigenvalue weighted by molar-refractivity contribution is -0.145. The lowest BCUT2D eigenvalue weighted by Gasteiger charge is -2.39. The predicted molar refractivity (Wildman–Crippen MR) is 90.2 cm³/mol. The smallest absolute Gasteiger partial charge is 0.230 e. The number of hydrogen-bond acceptors (Lipinski definition) is 3. The van der Waals surface area contributed by atoms with Crippen molar-refractivity contribution in [3.63, 3.8) is 0 Å². The molecule has 1 amide bonds. The molecule has 1 aromatic heterocycles. The average Bonchev–Trinajstić information content (AvgIpc) is 3.09. The molecule has 0 radical (unpaired) electrons. The first kappa shape index (κ1) is 15.0. The van der Waals surface area contributed by atoms with Crippen molar-refractivity contribution < 1.29 is 4.79 Å². The van der Waals surface area contributed by atoms with Gasteiger partial charge in [0.1, 0.15) is 0 Å². The molecule has 1 aromatic rings. The van der Waals surface area contributed by atoms with Crippen molar-refractivity contribution in [2.75, 3.05) is 26.2 Å². The van der Waals surface area contributed by atoms with E-state index in [9.17, 15) is 4.79 Å². The van der Waals surface area contributed by atoms with E-state index in [4.69, 9.17) is 11.6 Å². The molecule has 1 atom stereocenters. The molecule has 0 N–H and O–H groups in total. The maximum atomic E-state index is 13.0. The molecule has 1 saturated carbocycles. The van der Waals surface area contributed by atoms with Gasteiger partial charge in [-0.25, -0.2) is 0 Å². The second-order valence-electron chi connectivity index (χ2n) is 7.24. The quantitative estimate of drug-likeness (QED) is 0.837. The van der Waals surface area contributed by atoms with Crippen LogP contribution in [0.2, 0.25) is 4.34 Å². The molecule has 3 aliphatic rings. The number of halogens is 1. The molecule has 3 fully saturated rings. The Balaban J connectivity index is 1.41. The molecule has 3 heterocycles. The van der Waals surface area contributed by atoms with Crippen LogP contribution in [0.4, 0.5) is 0 Å². The van der Waals surface area contributed by atoms with Gasteiger partial charge in [-0.3, -0.25) is 9.69 Å². The lowest BCUT2D eigenvalue weighted by Crippen LogP contribution is -2.50. The number of carbonyl (C=O) groups is 1. The number of likely N-dealkylation sites (tertiary alicyclic amines) is 2. The van der Waals surface area contributed by atoms with Crippen molar-refractivity contribution in [1.82, 2.24) is 9.80 Å². The average molecular weight is 339 g/mol. The molecule has 120 valence electrons. The Kier molecular flexibility index (Phi) is 3.95. The van der Waals surface area contributed by atoms with Gasteiger partial charge >= 0.3 is 0 Å². The fourth-order valence-electron chi connectivity index (χ4n) is 4.07. The van der Waals surface area contributed by atoms with Crippen LogP contribution in [-0.4, -0.2) is 41.9 Å². The molecular formula is C17H23ClN2OS. The van der Waals surface area contributed by atoms with Crippen molar-refractivity contribution in [3.05, 3.63) is 21.3 Å². The van der Waals surface area contributed by atoms with Crippen LogP contribution in [-0.2, 0) is 11.3 Å². The normalized spacial score (nSPS) is 29.7. The maximum Gasteiger partial charge on any atom is 0.230 e. The summed E-state index contributed by atoms with van der Waals surface area (Å²) in [6, 6.07) is 4.08. The molecule has 5 heteroatoms. The highest BCUT2D eigenvalue weighted by Gasteiger charge is 2.48. The Hall–Kier alpha value is -0.580. The molecule has 0 aromatic carbocycles. The van der Waals surface area contributed by atoms with E-state index in [1.165, 1.54) is 24.1 Å². The van der Waals surface area contributed by atoms with E-state index < -0.39 is 0 Å². The van der Waals surface area contributed by atoms with E-state index in [1.807, 2.05) is 6.07 Å². The highest BCUT2D eigenvalue weighted by Crippen LogP contribution is 2.42. The predicted octanol–water partition coefficient (Wildman–Crippen LogP) is 3.63. The fraction of sp³-hybridized carbons (Fsp3) is 0.706. The van der Waals surface area contributed by atoms with E-state index in [0.29, 0.717) is 5.91 Å².